The number of hydrogen-bond donors (Lipinski definition) is 1. The highest BCUT2D eigenvalue weighted by Gasteiger charge is 2.10. The van der Waals surface area contributed by atoms with Crippen molar-refractivity contribution < 1.29 is 9.84 Å². The van der Waals surface area contributed by atoms with Crippen molar-refractivity contribution in [2.24, 2.45) is 0 Å². The highest BCUT2D eigenvalue weighted by Crippen LogP contribution is 2.20. The summed E-state index contributed by atoms with van der Waals surface area (Å²) >= 11 is 0. The van der Waals surface area contributed by atoms with Crippen molar-refractivity contribution in [2.75, 3.05) is 6.61 Å². The normalized spacial score (nSPS) is 12.1. The molecule has 18 heavy (non-hydrogen) atoms. The lowest BCUT2D eigenvalue weighted by molar-refractivity contribution is 0.177. The number of nitrogens with zero attached hydrogens (tertiary/aromatic N) is 2. The Balaban J connectivity index is 2.08. The lowest BCUT2D eigenvalue weighted by Gasteiger charge is -2.11. The Morgan fingerprint density at radius 2 is 2.17 bits per heavy atom. The van der Waals surface area contributed by atoms with Crippen LogP contribution in [-0.4, -0.2) is 21.7 Å². The topological polar surface area (TPSA) is 55.2 Å². The molecule has 0 aliphatic carbocycles. The fourth-order valence-corrected chi connectivity index (χ4v) is 1.72. The molecule has 94 valence electrons. The van der Waals surface area contributed by atoms with Crippen LogP contribution in [0.1, 0.15) is 24.2 Å². The van der Waals surface area contributed by atoms with Gasteiger partial charge in [0.15, 0.2) is 0 Å². The van der Waals surface area contributed by atoms with Crippen molar-refractivity contribution in [3.05, 3.63) is 54.1 Å². The fourth-order valence-electron chi connectivity index (χ4n) is 1.72. The van der Waals surface area contributed by atoms with Crippen molar-refractivity contribution in [3.63, 3.8) is 0 Å². The van der Waals surface area contributed by atoms with Crippen LogP contribution >= 0.6 is 0 Å². The second-order valence-electron chi connectivity index (χ2n) is 3.97. The highest BCUT2D eigenvalue weighted by molar-refractivity contribution is 5.26. The number of hydrogen-bond acceptors (Lipinski definition) is 4. The standard InChI is InChI=1S/C14H16N2O2/c1-2-18-13-7-12(9-16-10-13)14(17)6-11-4-3-5-15-8-11/h3-5,7-10,14,17H,2,6H2,1H3. The Bertz CT molecular complexity index is 488. The molecule has 2 aromatic rings. The first-order chi connectivity index (χ1) is 8.79. The molecule has 0 saturated heterocycles. The van der Waals surface area contributed by atoms with Crippen molar-refractivity contribution in [3.8, 4) is 5.75 Å². The van der Waals surface area contributed by atoms with Gasteiger partial charge in [0.25, 0.3) is 0 Å². The van der Waals surface area contributed by atoms with Gasteiger partial charge in [0.2, 0.25) is 0 Å². The first kappa shape index (κ1) is 12.5. The van der Waals surface area contributed by atoms with Gasteiger partial charge in [-0.3, -0.25) is 9.97 Å². The molecule has 2 aromatic heterocycles. The van der Waals surface area contributed by atoms with E-state index in [0.29, 0.717) is 18.8 Å². The molecule has 2 heterocycles. The zero-order chi connectivity index (χ0) is 12.8. The molecule has 0 aliphatic rings. The van der Waals surface area contributed by atoms with Gasteiger partial charge in [0.1, 0.15) is 5.75 Å². The minimum Gasteiger partial charge on any atom is -0.492 e. The van der Waals surface area contributed by atoms with Crippen LogP contribution in [0.3, 0.4) is 0 Å². The third-order valence-electron chi connectivity index (χ3n) is 2.58. The summed E-state index contributed by atoms with van der Waals surface area (Å²) in [7, 11) is 0. The number of aliphatic hydroxyl groups excluding tert-OH is 1. The molecule has 0 aliphatic heterocycles. The van der Waals surface area contributed by atoms with Crippen molar-refractivity contribution in [2.45, 2.75) is 19.4 Å². The van der Waals surface area contributed by atoms with Gasteiger partial charge in [-0.15, -0.1) is 0 Å². The molecule has 0 saturated carbocycles. The van der Waals surface area contributed by atoms with Gasteiger partial charge < -0.3 is 9.84 Å². The molecule has 1 unspecified atom stereocenters. The minimum atomic E-state index is -0.595. The van der Waals surface area contributed by atoms with E-state index in [-0.39, 0.29) is 0 Å². The number of ether oxygens (including phenoxy) is 1. The van der Waals surface area contributed by atoms with Crippen LogP contribution in [-0.2, 0) is 6.42 Å². The number of rotatable bonds is 5. The lowest BCUT2D eigenvalue weighted by Crippen LogP contribution is -2.03. The van der Waals surface area contributed by atoms with Crippen molar-refractivity contribution >= 4 is 0 Å². The molecule has 0 radical (unpaired) electrons. The van der Waals surface area contributed by atoms with Gasteiger partial charge in [0.05, 0.1) is 18.9 Å². The average molecular weight is 244 g/mol. The monoisotopic (exact) mass is 244 g/mol. The molecule has 4 nitrogen and oxygen atoms in total. The van der Waals surface area contributed by atoms with E-state index < -0.39 is 6.10 Å². The van der Waals surface area contributed by atoms with E-state index in [4.69, 9.17) is 4.74 Å². The summed E-state index contributed by atoms with van der Waals surface area (Å²) in [5.41, 5.74) is 1.75. The molecular weight excluding hydrogens is 228 g/mol. The van der Waals surface area contributed by atoms with Crippen LogP contribution in [0, 0.1) is 0 Å². The Hall–Kier alpha value is -1.94. The van der Waals surface area contributed by atoms with Crippen LogP contribution in [0.2, 0.25) is 0 Å². The van der Waals surface area contributed by atoms with Crippen LogP contribution in [0.4, 0.5) is 0 Å². The predicted octanol–water partition coefficient (Wildman–Crippen LogP) is 2.15. The van der Waals surface area contributed by atoms with Crippen molar-refractivity contribution in [1.29, 1.82) is 0 Å². The fraction of sp³-hybridized carbons (Fsp3) is 0.286. The molecule has 1 N–H and O–H groups in total. The Kier molecular flexibility index (Phi) is 4.25. The van der Waals surface area contributed by atoms with Gasteiger partial charge in [-0.25, -0.2) is 0 Å². The molecular formula is C14H16N2O2. The van der Waals surface area contributed by atoms with Crippen LogP contribution < -0.4 is 4.74 Å². The summed E-state index contributed by atoms with van der Waals surface area (Å²) in [5, 5.41) is 10.1. The Morgan fingerprint density at radius 3 is 2.89 bits per heavy atom. The number of pyridine rings is 2. The zero-order valence-corrected chi connectivity index (χ0v) is 10.3. The maximum absolute atomic E-state index is 10.1. The van der Waals surface area contributed by atoms with E-state index >= 15 is 0 Å². The highest BCUT2D eigenvalue weighted by atomic mass is 16.5. The molecule has 0 fully saturated rings. The van der Waals surface area contributed by atoms with Gasteiger partial charge in [-0.05, 0) is 24.6 Å². The summed E-state index contributed by atoms with van der Waals surface area (Å²) in [6.07, 6.45) is 6.69. The smallest absolute Gasteiger partial charge is 0.137 e. The maximum atomic E-state index is 10.1. The van der Waals surface area contributed by atoms with Gasteiger partial charge in [0, 0.05) is 30.6 Å². The lowest BCUT2D eigenvalue weighted by atomic mass is 10.0. The SMILES string of the molecule is CCOc1cncc(C(O)Cc2cccnc2)c1. The third-order valence-corrected chi connectivity index (χ3v) is 2.58. The van der Waals surface area contributed by atoms with E-state index in [1.165, 1.54) is 0 Å². The molecule has 0 bridgehead atoms. The quantitative estimate of drug-likeness (QED) is 0.875. The molecule has 2 rings (SSSR count). The third kappa shape index (κ3) is 3.28. The maximum Gasteiger partial charge on any atom is 0.137 e. The predicted molar refractivity (Wildman–Crippen MR) is 68.3 cm³/mol. The van der Waals surface area contributed by atoms with Gasteiger partial charge in [-0.1, -0.05) is 6.07 Å². The summed E-state index contributed by atoms with van der Waals surface area (Å²) in [4.78, 5) is 8.09. The van der Waals surface area contributed by atoms with Gasteiger partial charge >= 0.3 is 0 Å². The van der Waals surface area contributed by atoms with E-state index in [1.807, 2.05) is 25.1 Å². The molecule has 0 aromatic carbocycles. The zero-order valence-electron chi connectivity index (χ0n) is 10.3. The van der Waals surface area contributed by atoms with E-state index in [2.05, 4.69) is 9.97 Å². The van der Waals surface area contributed by atoms with Crippen molar-refractivity contribution in [1.82, 2.24) is 9.97 Å². The largest absolute Gasteiger partial charge is 0.492 e. The van der Waals surface area contributed by atoms with E-state index in [1.54, 1.807) is 24.8 Å². The van der Waals surface area contributed by atoms with Crippen LogP contribution in [0.25, 0.3) is 0 Å². The first-order valence-corrected chi connectivity index (χ1v) is 5.94. The number of aliphatic hydroxyl groups is 1. The number of aromatic nitrogens is 2. The Morgan fingerprint density at radius 1 is 1.28 bits per heavy atom. The molecule has 4 heteroatoms. The van der Waals surface area contributed by atoms with Crippen LogP contribution in [0.15, 0.2) is 43.0 Å². The minimum absolute atomic E-state index is 0.519. The second kappa shape index (κ2) is 6.12. The first-order valence-electron chi connectivity index (χ1n) is 5.94. The summed E-state index contributed by atoms with van der Waals surface area (Å²) in [6, 6.07) is 5.62. The molecule has 1 atom stereocenters. The van der Waals surface area contributed by atoms with E-state index in [9.17, 15) is 5.11 Å². The summed E-state index contributed by atoms with van der Waals surface area (Å²) in [6.45, 7) is 2.50. The average Bonchev–Trinajstić information content (AvgIpc) is 2.40. The molecule has 0 amide bonds. The van der Waals surface area contributed by atoms with Gasteiger partial charge in [-0.2, -0.15) is 0 Å². The summed E-state index contributed by atoms with van der Waals surface area (Å²) < 4.78 is 5.36. The Labute approximate surface area is 106 Å². The molecule has 0 spiro atoms. The summed E-state index contributed by atoms with van der Waals surface area (Å²) in [5.74, 6) is 0.681. The van der Waals surface area contributed by atoms with Crippen LogP contribution in [0.5, 0.6) is 5.75 Å². The van der Waals surface area contributed by atoms with E-state index in [0.717, 1.165) is 11.1 Å². The second-order valence-corrected chi connectivity index (χ2v) is 3.97.